The molecule has 0 saturated carbocycles. The molecule has 2 unspecified atom stereocenters. The first-order valence-corrected chi connectivity index (χ1v) is 12.4. The van der Waals surface area contributed by atoms with Gasteiger partial charge in [-0.2, -0.15) is 0 Å². The van der Waals surface area contributed by atoms with E-state index in [1.807, 2.05) is 31.2 Å². The number of hydrogen-bond acceptors (Lipinski definition) is 4. The van der Waals surface area contributed by atoms with Crippen LogP contribution in [0.4, 0.5) is 4.79 Å². The normalized spacial score (nSPS) is 24.3. The highest BCUT2D eigenvalue weighted by molar-refractivity contribution is 6.31. The predicted octanol–water partition coefficient (Wildman–Crippen LogP) is 4.46. The van der Waals surface area contributed by atoms with Crippen LogP contribution in [-0.4, -0.2) is 68.4 Å². The van der Waals surface area contributed by atoms with Crippen LogP contribution in [0.5, 0.6) is 5.75 Å². The van der Waals surface area contributed by atoms with Crippen molar-refractivity contribution < 1.29 is 14.7 Å². The molecule has 2 atom stereocenters. The zero-order valence-corrected chi connectivity index (χ0v) is 20.3. The minimum absolute atomic E-state index is 0.114. The molecule has 0 aliphatic carbocycles. The van der Waals surface area contributed by atoms with Gasteiger partial charge in [-0.1, -0.05) is 35.9 Å². The third-order valence-electron chi connectivity index (χ3n) is 7.60. The van der Waals surface area contributed by atoms with Crippen molar-refractivity contribution in [2.24, 2.45) is 0 Å². The van der Waals surface area contributed by atoms with E-state index in [2.05, 4.69) is 22.0 Å². The maximum atomic E-state index is 13.9. The number of hydrogen-bond donors (Lipinski definition) is 2. The van der Waals surface area contributed by atoms with Crippen molar-refractivity contribution in [3.8, 4) is 5.75 Å². The van der Waals surface area contributed by atoms with Crippen LogP contribution >= 0.6 is 11.6 Å². The summed E-state index contributed by atoms with van der Waals surface area (Å²) in [7, 11) is 0. The average Bonchev–Trinajstić information content (AvgIpc) is 3.28. The van der Waals surface area contributed by atoms with Gasteiger partial charge in [-0.05, 0) is 54.8 Å². The second-order valence-electron chi connectivity index (χ2n) is 9.83. The Bertz CT molecular complexity index is 1380. The summed E-state index contributed by atoms with van der Waals surface area (Å²) in [6.07, 6.45) is 5.66. The van der Waals surface area contributed by atoms with Gasteiger partial charge in [-0.3, -0.25) is 19.5 Å². The maximum absolute atomic E-state index is 13.9. The van der Waals surface area contributed by atoms with Crippen LogP contribution in [0.3, 0.4) is 0 Å². The average molecular weight is 491 g/mol. The summed E-state index contributed by atoms with van der Waals surface area (Å²) in [6.45, 7) is 4.62. The first kappa shape index (κ1) is 22.2. The quantitative estimate of drug-likeness (QED) is 0.418. The Kier molecular flexibility index (Phi) is 5.16. The van der Waals surface area contributed by atoms with Gasteiger partial charge in [-0.25, -0.2) is 4.79 Å². The summed E-state index contributed by atoms with van der Waals surface area (Å²) in [5.41, 5.74) is 2.45. The van der Waals surface area contributed by atoms with Gasteiger partial charge in [-0.15, -0.1) is 0 Å². The van der Waals surface area contributed by atoms with Crippen LogP contribution in [-0.2, 0) is 11.2 Å². The Balaban J connectivity index is 1.45. The molecule has 3 aliphatic rings. The highest BCUT2D eigenvalue weighted by Gasteiger charge is 2.60. The Hall–Kier alpha value is -3.29. The van der Waals surface area contributed by atoms with E-state index in [1.54, 1.807) is 23.1 Å². The van der Waals surface area contributed by atoms with Gasteiger partial charge in [0.15, 0.2) is 0 Å². The van der Waals surface area contributed by atoms with E-state index in [0.29, 0.717) is 24.5 Å². The highest BCUT2D eigenvalue weighted by atomic mass is 35.5. The van der Waals surface area contributed by atoms with Crippen molar-refractivity contribution in [1.29, 1.82) is 0 Å². The molecule has 4 heterocycles. The summed E-state index contributed by atoms with van der Waals surface area (Å²) in [5.74, 6) is -0.0642. The van der Waals surface area contributed by atoms with Crippen LogP contribution in [0.25, 0.3) is 10.9 Å². The lowest BCUT2D eigenvalue weighted by molar-refractivity contribution is -0.133. The number of benzene rings is 2. The lowest BCUT2D eigenvalue weighted by Gasteiger charge is -2.42. The predicted molar refractivity (Wildman–Crippen MR) is 135 cm³/mol. The molecular formula is C27H27ClN4O3. The number of halogens is 1. The van der Waals surface area contributed by atoms with Gasteiger partial charge >= 0.3 is 6.03 Å². The molecule has 1 fully saturated rings. The summed E-state index contributed by atoms with van der Waals surface area (Å²) >= 11 is 6.33. The van der Waals surface area contributed by atoms with Gasteiger partial charge in [0.25, 0.3) is 5.91 Å². The Morgan fingerprint density at radius 2 is 2.00 bits per heavy atom. The first-order valence-electron chi connectivity index (χ1n) is 12.0. The van der Waals surface area contributed by atoms with E-state index in [-0.39, 0.29) is 17.7 Å². The minimum atomic E-state index is -1.04. The molecule has 3 amide bonds. The largest absolute Gasteiger partial charge is 0.508 e. The molecule has 3 aliphatic heterocycles. The van der Waals surface area contributed by atoms with Gasteiger partial charge in [0.1, 0.15) is 17.3 Å². The van der Waals surface area contributed by atoms with Crippen molar-refractivity contribution in [3.05, 3.63) is 76.5 Å². The van der Waals surface area contributed by atoms with Crippen molar-refractivity contribution in [1.82, 2.24) is 19.7 Å². The van der Waals surface area contributed by atoms with E-state index in [4.69, 9.17) is 11.6 Å². The number of carbonyl (C=O) groups excluding carboxylic acids is 2. The summed E-state index contributed by atoms with van der Waals surface area (Å²) in [5, 5.41) is 11.8. The Morgan fingerprint density at radius 3 is 2.77 bits per heavy atom. The lowest BCUT2D eigenvalue weighted by Crippen LogP contribution is -2.53. The number of aromatic amines is 1. The van der Waals surface area contributed by atoms with Gasteiger partial charge in [0.05, 0.1) is 0 Å². The molecule has 6 rings (SSSR count). The molecule has 0 bridgehead atoms. The zero-order chi connectivity index (χ0) is 24.3. The van der Waals surface area contributed by atoms with Crippen molar-refractivity contribution in [3.63, 3.8) is 0 Å². The molecule has 1 saturated heterocycles. The number of carbonyl (C=O) groups is 2. The molecule has 2 aromatic carbocycles. The van der Waals surface area contributed by atoms with Crippen LogP contribution in [0.15, 0.2) is 54.6 Å². The second kappa shape index (κ2) is 8.14. The maximum Gasteiger partial charge on any atom is 0.328 e. The monoisotopic (exact) mass is 490 g/mol. The Morgan fingerprint density at radius 1 is 1.14 bits per heavy atom. The lowest BCUT2D eigenvalue weighted by atomic mass is 9.81. The number of urea groups is 1. The van der Waals surface area contributed by atoms with Crippen LogP contribution in [0.1, 0.15) is 36.2 Å². The first-order chi connectivity index (χ1) is 16.9. The number of aromatic hydroxyl groups is 1. The molecule has 3 aromatic rings. The number of nitrogens with zero attached hydrogens (tertiary/aromatic N) is 3. The van der Waals surface area contributed by atoms with E-state index < -0.39 is 11.6 Å². The zero-order valence-electron chi connectivity index (χ0n) is 19.5. The molecule has 0 spiro atoms. The van der Waals surface area contributed by atoms with E-state index in [1.165, 1.54) is 4.90 Å². The fourth-order valence-corrected chi connectivity index (χ4v) is 6.03. The van der Waals surface area contributed by atoms with Crippen molar-refractivity contribution in [2.45, 2.75) is 31.3 Å². The number of rotatable bonds is 4. The molecule has 2 N–H and O–H groups in total. The molecule has 35 heavy (non-hydrogen) atoms. The molecule has 1 aromatic heterocycles. The van der Waals surface area contributed by atoms with Crippen LogP contribution in [0.2, 0.25) is 5.02 Å². The smallest absolute Gasteiger partial charge is 0.328 e. The number of aromatic nitrogens is 1. The van der Waals surface area contributed by atoms with E-state index >= 15 is 0 Å². The van der Waals surface area contributed by atoms with Crippen LogP contribution < -0.4 is 0 Å². The number of phenolic OH excluding ortho intramolecular Hbond substituents is 1. The SMILES string of the molecule is CC12Cc3c([nH]c4ccc(Cl)cc34)C(c3cccc(O)c3)N1C(=O)N(CCN1CC=CCC1)C2=O. The number of imide groups is 1. The highest BCUT2D eigenvalue weighted by Crippen LogP contribution is 2.49. The van der Waals surface area contributed by atoms with Gasteiger partial charge < -0.3 is 10.1 Å². The number of fused-ring (bicyclic) bond motifs is 4. The minimum Gasteiger partial charge on any atom is -0.508 e. The van der Waals surface area contributed by atoms with Crippen LogP contribution in [0, 0.1) is 0 Å². The third-order valence-corrected chi connectivity index (χ3v) is 7.83. The number of H-pyrrole nitrogens is 1. The number of phenols is 1. The molecule has 7 nitrogen and oxygen atoms in total. The summed E-state index contributed by atoms with van der Waals surface area (Å²) in [4.78, 5) is 36.6. The third kappa shape index (κ3) is 3.45. The molecule has 8 heteroatoms. The standard InChI is InChI=1S/C27H27ClN4O3/c1-27-16-21-20-15-18(28)8-9-22(20)29-23(21)24(17-6-5-7-19(33)14-17)32(27)26(35)31(25(27)34)13-12-30-10-3-2-4-11-30/h2-3,5-9,14-15,24,29,33H,4,10-13,16H2,1H3. The summed E-state index contributed by atoms with van der Waals surface area (Å²) < 4.78 is 0. The van der Waals surface area contributed by atoms with Crippen molar-refractivity contribution in [2.75, 3.05) is 26.2 Å². The number of nitrogens with one attached hydrogen (secondary N) is 1. The van der Waals surface area contributed by atoms with E-state index in [0.717, 1.165) is 47.2 Å². The molecule has 180 valence electrons. The topological polar surface area (TPSA) is 79.9 Å². The molecule has 0 radical (unpaired) electrons. The van der Waals surface area contributed by atoms with Gasteiger partial charge in [0, 0.05) is 54.2 Å². The Labute approximate surface area is 208 Å². The van der Waals surface area contributed by atoms with Gasteiger partial charge in [0.2, 0.25) is 0 Å². The number of amides is 3. The van der Waals surface area contributed by atoms with E-state index in [9.17, 15) is 14.7 Å². The van der Waals surface area contributed by atoms with Crippen molar-refractivity contribution >= 4 is 34.4 Å². The fourth-order valence-electron chi connectivity index (χ4n) is 5.86. The fraction of sp³-hybridized carbons (Fsp3) is 0.333. The molecular weight excluding hydrogens is 464 g/mol. The summed E-state index contributed by atoms with van der Waals surface area (Å²) in [6, 6.07) is 11.7. The second-order valence-corrected chi connectivity index (χ2v) is 10.3.